The number of ether oxygens (including phenoxy) is 3. The van der Waals surface area contributed by atoms with E-state index < -0.39 is 0 Å². The topological polar surface area (TPSA) is 65.1 Å². The van der Waals surface area contributed by atoms with E-state index in [1.807, 2.05) is 12.1 Å². The van der Waals surface area contributed by atoms with Crippen LogP contribution in [0.3, 0.4) is 0 Å². The first-order valence-corrected chi connectivity index (χ1v) is 8.45. The van der Waals surface area contributed by atoms with Crippen molar-refractivity contribution in [2.24, 2.45) is 0 Å². The van der Waals surface area contributed by atoms with E-state index in [4.69, 9.17) is 14.2 Å². The standard InChI is InChI=1S/C21H21NO5/c1-25-17-6-4-14(5-7-17)18(23)13-22-9-8-15-10-19(26-2)20(27-3)11-16(15)12-21(22)24/h4-11H,12-13H2,1-3H3. The summed E-state index contributed by atoms with van der Waals surface area (Å²) in [6, 6.07) is 10.5. The number of benzene rings is 2. The number of ketones is 1. The number of methoxy groups -OCH3 is 3. The lowest BCUT2D eigenvalue weighted by molar-refractivity contribution is -0.127. The maximum Gasteiger partial charge on any atom is 0.231 e. The lowest BCUT2D eigenvalue weighted by atomic mass is 10.0. The van der Waals surface area contributed by atoms with Crippen molar-refractivity contribution in [1.82, 2.24) is 4.90 Å². The lowest BCUT2D eigenvalue weighted by Crippen LogP contribution is -2.31. The van der Waals surface area contributed by atoms with Gasteiger partial charge in [-0.1, -0.05) is 0 Å². The van der Waals surface area contributed by atoms with Crippen molar-refractivity contribution in [3.63, 3.8) is 0 Å². The molecule has 0 aromatic heterocycles. The number of amides is 1. The molecule has 2 aromatic rings. The predicted molar refractivity (Wildman–Crippen MR) is 101 cm³/mol. The molecule has 6 heteroatoms. The zero-order valence-corrected chi connectivity index (χ0v) is 15.5. The highest BCUT2D eigenvalue weighted by molar-refractivity contribution is 6.00. The van der Waals surface area contributed by atoms with Crippen LogP contribution in [-0.2, 0) is 11.2 Å². The summed E-state index contributed by atoms with van der Waals surface area (Å²) in [5, 5.41) is 0. The van der Waals surface area contributed by atoms with Crippen LogP contribution in [0.1, 0.15) is 21.5 Å². The van der Waals surface area contributed by atoms with Crippen molar-refractivity contribution in [3.8, 4) is 17.2 Å². The fraction of sp³-hybridized carbons (Fsp3) is 0.238. The van der Waals surface area contributed by atoms with Gasteiger partial charge in [0.1, 0.15) is 5.75 Å². The van der Waals surface area contributed by atoms with Gasteiger partial charge in [0.05, 0.1) is 34.3 Å². The van der Waals surface area contributed by atoms with E-state index in [1.165, 1.54) is 4.90 Å². The fourth-order valence-electron chi connectivity index (χ4n) is 2.93. The third-order valence-corrected chi connectivity index (χ3v) is 4.47. The van der Waals surface area contributed by atoms with E-state index in [0.717, 1.165) is 11.1 Å². The highest BCUT2D eigenvalue weighted by Gasteiger charge is 2.21. The molecule has 0 radical (unpaired) electrons. The lowest BCUT2D eigenvalue weighted by Gasteiger charge is -2.16. The molecule has 3 rings (SSSR count). The number of fused-ring (bicyclic) bond motifs is 1. The van der Waals surface area contributed by atoms with E-state index in [0.29, 0.717) is 22.8 Å². The largest absolute Gasteiger partial charge is 0.497 e. The summed E-state index contributed by atoms with van der Waals surface area (Å²) < 4.78 is 15.7. The van der Waals surface area contributed by atoms with Crippen molar-refractivity contribution in [2.45, 2.75) is 6.42 Å². The van der Waals surface area contributed by atoms with E-state index in [9.17, 15) is 9.59 Å². The van der Waals surface area contributed by atoms with Crippen molar-refractivity contribution in [1.29, 1.82) is 0 Å². The molecular formula is C21H21NO5. The Hall–Kier alpha value is -3.28. The average molecular weight is 367 g/mol. The third-order valence-electron chi connectivity index (χ3n) is 4.47. The Labute approximate surface area is 158 Å². The van der Waals surface area contributed by atoms with Gasteiger partial charge in [0.15, 0.2) is 17.3 Å². The quantitative estimate of drug-likeness (QED) is 0.735. The summed E-state index contributed by atoms with van der Waals surface area (Å²) in [4.78, 5) is 26.6. The maximum atomic E-state index is 12.6. The molecule has 1 aliphatic rings. The first-order valence-electron chi connectivity index (χ1n) is 8.45. The number of Topliss-reactive ketones (excluding diaryl/α,β-unsaturated/α-hetero) is 1. The van der Waals surface area contributed by atoms with Crippen LogP contribution in [0.25, 0.3) is 6.08 Å². The van der Waals surface area contributed by atoms with Gasteiger partial charge in [0, 0.05) is 11.8 Å². The van der Waals surface area contributed by atoms with Crippen LogP contribution in [0, 0.1) is 0 Å². The molecule has 0 saturated carbocycles. The molecule has 0 atom stereocenters. The average Bonchev–Trinajstić information content (AvgIpc) is 2.85. The molecule has 1 aliphatic heterocycles. The van der Waals surface area contributed by atoms with E-state index >= 15 is 0 Å². The van der Waals surface area contributed by atoms with Crippen LogP contribution >= 0.6 is 0 Å². The molecule has 140 valence electrons. The molecule has 6 nitrogen and oxygen atoms in total. The molecule has 0 unspecified atom stereocenters. The van der Waals surface area contributed by atoms with Crippen LogP contribution in [0.15, 0.2) is 42.6 Å². The minimum atomic E-state index is -0.154. The molecule has 27 heavy (non-hydrogen) atoms. The summed E-state index contributed by atoms with van der Waals surface area (Å²) >= 11 is 0. The zero-order valence-electron chi connectivity index (χ0n) is 15.5. The Morgan fingerprint density at radius 2 is 1.67 bits per heavy atom. The second-order valence-corrected chi connectivity index (χ2v) is 6.07. The highest BCUT2D eigenvalue weighted by atomic mass is 16.5. The van der Waals surface area contributed by atoms with Crippen molar-refractivity contribution in [3.05, 3.63) is 59.3 Å². The summed E-state index contributed by atoms with van der Waals surface area (Å²) in [5.74, 6) is 1.54. The number of carbonyl (C=O) groups is 2. The van der Waals surface area contributed by atoms with Gasteiger partial charge in [-0.3, -0.25) is 9.59 Å². The van der Waals surface area contributed by atoms with Gasteiger partial charge in [0.2, 0.25) is 5.91 Å². The Morgan fingerprint density at radius 3 is 2.30 bits per heavy atom. The van der Waals surface area contributed by atoms with E-state index in [-0.39, 0.29) is 24.7 Å². The minimum absolute atomic E-state index is 0.0239. The number of nitrogens with zero attached hydrogens (tertiary/aromatic N) is 1. The Kier molecular flexibility index (Phi) is 5.45. The molecule has 2 aromatic carbocycles. The summed E-state index contributed by atoms with van der Waals surface area (Å²) in [6.45, 7) is -0.0239. The molecule has 0 fully saturated rings. The smallest absolute Gasteiger partial charge is 0.231 e. The third kappa shape index (κ3) is 3.95. The van der Waals surface area contributed by atoms with Crippen LogP contribution < -0.4 is 14.2 Å². The first-order chi connectivity index (χ1) is 13.0. The van der Waals surface area contributed by atoms with Gasteiger partial charge in [-0.2, -0.15) is 0 Å². The van der Waals surface area contributed by atoms with E-state index in [1.54, 1.807) is 57.9 Å². The zero-order chi connectivity index (χ0) is 19.4. The van der Waals surface area contributed by atoms with Crippen molar-refractivity contribution >= 4 is 17.8 Å². The summed E-state index contributed by atoms with van der Waals surface area (Å²) in [5.41, 5.74) is 2.22. The summed E-state index contributed by atoms with van der Waals surface area (Å²) in [7, 11) is 4.69. The van der Waals surface area contributed by atoms with Crippen LogP contribution in [0.4, 0.5) is 0 Å². The second kappa shape index (κ2) is 7.95. The van der Waals surface area contributed by atoms with Gasteiger partial charge >= 0.3 is 0 Å². The molecular weight excluding hydrogens is 346 g/mol. The Bertz CT molecular complexity index is 886. The molecule has 0 spiro atoms. The molecule has 0 aliphatic carbocycles. The SMILES string of the molecule is COc1ccc(C(=O)CN2C=Cc3cc(OC)c(OC)cc3CC2=O)cc1. The van der Waals surface area contributed by atoms with Gasteiger partial charge in [-0.25, -0.2) is 0 Å². The van der Waals surface area contributed by atoms with Crippen molar-refractivity contribution in [2.75, 3.05) is 27.9 Å². The monoisotopic (exact) mass is 367 g/mol. The van der Waals surface area contributed by atoms with Gasteiger partial charge in [-0.05, 0) is 53.6 Å². The van der Waals surface area contributed by atoms with Gasteiger partial charge in [-0.15, -0.1) is 0 Å². The maximum absolute atomic E-state index is 12.6. The van der Waals surface area contributed by atoms with E-state index in [2.05, 4.69) is 0 Å². The van der Waals surface area contributed by atoms with Crippen molar-refractivity contribution < 1.29 is 23.8 Å². The highest BCUT2D eigenvalue weighted by Crippen LogP contribution is 2.32. The molecule has 0 bridgehead atoms. The molecule has 0 saturated heterocycles. The Balaban J connectivity index is 1.80. The number of rotatable bonds is 6. The first kappa shape index (κ1) is 18.5. The molecule has 1 amide bonds. The molecule has 1 heterocycles. The molecule has 0 N–H and O–H groups in total. The van der Waals surface area contributed by atoms with Crippen LogP contribution in [0.2, 0.25) is 0 Å². The predicted octanol–water partition coefficient (Wildman–Crippen LogP) is 2.95. The fourth-order valence-corrected chi connectivity index (χ4v) is 2.93. The second-order valence-electron chi connectivity index (χ2n) is 6.07. The van der Waals surface area contributed by atoms with Gasteiger partial charge in [0.25, 0.3) is 0 Å². The number of carbonyl (C=O) groups excluding carboxylic acids is 2. The Morgan fingerprint density at radius 1 is 1.00 bits per heavy atom. The minimum Gasteiger partial charge on any atom is -0.497 e. The van der Waals surface area contributed by atoms with Crippen LogP contribution in [-0.4, -0.2) is 44.5 Å². The number of hydrogen-bond acceptors (Lipinski definition) is 5. The van der Waals surface area contributed by atoms with Gasteiger partial charge < -0.3 is 19.1 Å². The number of hydrogen-bond donors (Lipinski definition) is 0. The normalized spacial score (nSPS) is 13.0. The van der Waals surface area contributed by atoms with Crippen LogP contribution in [0.5, 0.6) is 17.2 Å². The summed E-state index contributed by atoms with van der Waals surface area (Å²) in [6.07, 6.45) is 3.63.